The Kier molecular flexibility index (Phi) is 6.23. The number of hydrogen-bond donors (Lipinski definition) is 0. The van der Waals surface area contributed by atoms with Crippen molar-refractivity contribution in [2.75, 3.05) is 11.4 Å². The Morgan fingerprint density at radius 3 is 2.67 bits per heavy atom. The van der Waals surface area contributed by atoms with Gasteiger partial charge in [-0.1, -0.05) is 6.92 Å². The minimum absolute atomic E-state index is 0.0129. The van der Waals surface area contributed by atoms with Gasteiger partial charge in [0.25, 0.3) is 5.56 Å². The quantitative estimate of drug-likeness (QED) is 0.589. The highest BCUT2D eigenvalue weighted by molar-refractivity contribution is 5.88. The molecule has 0 bridgehead atoms. The fourth-order valence-corrected chi connectivity index (χ4v) is 4.33. The number of pyridine rings is 3. The lowest BCUT2D eigenvalue weighted by atomic mass is 9.91. The highest BCUT2D eigenvalue weighted by Gasteiger charge is 2.34. The maximum Gasteiger partial charge on any atom is 0.252 e. The molecule has 0 amide bonds. The molecule has 0 N–H and O–H groups in total. The standard InChI is InChI=1S/C25H29N5O3/c1-15(2)32-19-7-9-23(27-13-19)33-22-10-17(4)30(14-16(22)3)21-11-24(31)29(5)20-8-6-18(12-26)28-25(20)21/h6-9,11,13,15-17,22H,10,14H2,1-5H3/t16-,17-,22?/m1/s1. The number of nitriles is 1. The van der Waals surface area contributed by atoms with E-state index < -0.39 is 0 Å². The van der Waals surface area contributed by atoms with Crippen LogP contribution in [0.15, 0.2) is 41.3 Å². The van der Waals surface area contributed by atoms with Crippen molar-refractivity contribution in [3.8, 4) is 17.7 Å². The van der Waals surface area contributed by atoms with E-state index in [2.05, 4.69) is 34.8 Å². The zero-order valence-corrected chi connectivity index (χ0v) is 19.6. The van der Waals surface area contributed by atoms with E-state index >= 15 is 0 Å². The normalized spacial score (nSPS) is 20.6. The van der Waals surface area contributed by atoms with E-state index in [-0.39, 0.29) is 29.7 Å². The van der Waals surface area contributed by atoms with Crippen LogP contribution in [-0.4, -0.2) is 39.3 Å². The Hall–Kier alpha value is -3.60. The highest BCUT2D eigenvalue weighted by atomic mass is 16.5. The summed E-state index contributed by atoms with van der Waals surface area (Å²) in [7, 11) is 1.72. The summed E-state index contributed by atoms with van der Waals surface area (Å²) in [5.74, 6) is 1.48. The van der Waals surface area contributed by atoms with E-state index in [9.17, 15) is 10.1 Å². The number of nitrogens with zero attached hydrogens (tertiary/aromatic N) is 5. The molecule has 0 aromatic carbocycles. The van der Waals surface area contributed by atoms with E-state index in [0.29, 0.717) is 29.2 Å². The van der Waals surface area contributed by atoms with Crippen molar-refractivity contribution in [3.63, 3.8) is 0 Å². The molecule has 1 fully saturated rings. The number of piperidine rings is 1. The van der Waals surface area contributed by atoms with Gasteiger partial charge in [0, 0.05) is 44.1 Å². The lowest BCUT2D eigenvalue weighted by Gasteiger charge is -2.42. The molecule has 0 aliphatic carbocycles. The van der Waals surface area contributed by atoms with Crippen LogP contribution >= 0.6 is 0 Å². The Morgan fingerprint density at radius 1 is 1.21 bits per heavy atom. The van der Waals surface area contributed by atoms with Crippen molar-refractivity contribution in [1.29, 1.82) is 5.26 Å². The zero-order chi connectivity index (χ0) is 23.7. The fourth-order valence-electron chi connectivity index (χ4n) is 4.33. The number of fused-ring (bicyclic) bond motifs is 1. The molecule has 3 aromatic heterocycles. The molecule has 172 valence electrons. The first kappa shape index (κ1) is 22.6. The van der Waals surface area contributed by atoms with Gasteiger partial charge in [-0.25, -0.2) is 9.97 Å². The van der Waals surface area contributed by atoms with Gasteiger partial charge in [0.15, 0.2) is 0 Å². The molecule has 8 heteroatoms. The summed E-state index contributed by atoms with van der Waals surface area (Å²) >= 11 is 0. The Labute approximate surface area is 193 Å². The van der Waals surface area contributed by atoms with Crippen LogP contribution in [0.1, 0.15) is 39.8 Å². The van der Waals surface area contributed by atoms with E-state index in [1.165, 1.54) is 0 Å². The third-order valence-corrected chi connectivity index (χ3v) is 6.07. The maximum absolute atomic E-state index is 12.6. The van der Waals surface area contributed by atoms with Gasteiger partial charge >= 0.3 is 0 Å². The Balaban J connectivity index is 1.57. The predicted molar refractivity (Wildman–Crippen MR) is 127 cm³/mol. The number of aromatic nitrogens is 3. The molecule has 0 spiro atoms. The van der Waals surface area contributed by atoms with Gasteiger partial charge in [0.1, 0.15) is 29.1 Å². The molecule has 1 unspecified atom stereocenters. The molecule has 3 atom stereocenters. The molecule has 1 aliphatic heterocycles. The predicted octanol–water partition coefficient (Wildman–Crippen LogP) is 3.67. The number of hydrogen-bond acceptors (Lipinski definition) is 7. The third-order valence-electron chi connectivity index (χ3n) is 6.07. The summed E-state index contributed by atoms with van der Waals surface area (Å²) in [5, 5.41) is 9.33. The summed E-state index contributed by atoms with van der Waals surface area (Å²) in [6.07, 6.45) is 2.53. The van der Waals surface area contributed by atoms with Crippen LogP contribution in [0.2, 0.25) is 0 Å². The second-order valence-electron chi connectivity index (χ2n) is 8.97. The van der Waals surface area contributed by atoms with Crippen LogP contribution in [0.5, 0.6) is 11.6 Å². The molecule has 1 aliphatic rings. The average molecular weight is 448 g/mol. The molecule has 4 rings (SSSR count). The number of anilines is 1. The van der Waals surface area contributed by atoms with Gasteiger partial charge < -0.3 is 18.9 Å². The molecule has 8 nitrogen and oxygen atoms in total. The Bertz CT molecular complexity index is 1250. The summed E-state index contributed by atoms with van der Waals surface area (Å²) in [6.45, 7) is 8.90. The molecule has 0 saturated carbocycles. The smallest absolute Gasteiger partial charge is 0.252 e. The van der Waals surface area contributed by atoms with Gasteiger partial charge in [-0.3, -0.25) is 4.79 Å². The van der Waals surface area contributed by atoms with E-state index in [0.717, 1.165) is 17.9 Å². The van der Waals surface area contributed by atoms with Crippen LogP contribution in [0.3, 0.4) is 0 Å². The van der Waals surface area contributed by atoms with Crippen molar-refractivity contribution in [2.24, 2.45) is 13.0 Å². The van der Waals surface area contributed by atoms with Gasteiger partial charge in [-0.15, -0.1) is 0 Å². The number of ether oxygens (including phenoxy) is 2. The van der Waals surface area contributed by atoms with Crippen molar-refractivity contribution in [3.05, 3.63) is 52.6 Å². The average Bonchev–Trinajstić information content (AvgIpc) is 2.79. The summed E-state index contributed by atoms with van der Waals surface area (Å²) in [6, 6.07) is 11.0. The molecule has 4 heterocycles. The van der Waals surface area contributed by atoms with Crippen LogP contribution in [0, 0.1) is 17.2 Å². The minimum Gasteiger partial charge on any atom is -0.489 e. The lowest BCUT2D eigenvalue weighted by molar-refractivity contribution is 0.102. The molecule has 1 saturated heterocycles. The van der Waals surface area contributed by atoms with Crippen LogP contribution < -0.4 is 19.9 Å². The third kappa shape index (κ3) is 4.63. The van der Waals surface area contributed by atoms with Crippen molar-refractivity contribution >= 4 is 16.7 Å². The molecular weight excluding hydrogens is 418 g/mol. The lowest BCUT2D eigenvalue weighted by Crippen LogP contribution is -2.50. The van der Waals surface area contributed by atoms with E-state index in [4.69, 9.17) is 9.47 Å². The van der Waals surface area contributed by atoms with Gasteiger partial charge in [0.05, 0.1) is 23.5 Å². The SMILES string of the molecule is CC(C)Oc1ccc(OC2C[C@@H](C)N(c3cc(=O)n(C)c4ccc(C#N)nc34)C[C@H]2C)nc1. The fraction of sp³-hybridized carbons (Fsp3) is 0.440. The zero-order valence-electron chi connectivity index (χ0n) is 19.6. The van der Waals surface area contributed by atoms with Crippen LogP contribution in [0.4, 0.5) is 5.69 Å². The number of rotatable bonds is 5. The first-order chi connectivity index (χ1) is 15.8. The Morgan fingerprint density at radius 2 is 2.00 bits per heavy atom. The van der Waals surface area contributed by atoms with Crippen molar-refractivity contribution in [2.45, 2.75) is 52.4 Å². The second kappa shape index (κ2) is 9.10. The monoisotopic (exact) mass is 447 g/mol. The van der Waals surface area contributed by atoms with Crippen LogP contribution in [-0.2, 0) is 7.05 Å². The summed E-state index contributed by atoms with van der Waals surface area (Å²) < 4.78 is 13.4. The van der Waals surface area contributed by atoms with Gasteiger partial charge in [-0.2, -0.15) is 5.26 Å². The molecule has 0 radical (unpaired) electrons. The molecule has 3 aromatic rings. The van der Waals surface area contributed by atoms with E-state index in [1.807, 2.05) is 26.0 Å². The van der Waals surface area contributed by atoms with Gasteiger partial charge in [0.2, 0.25) is 5.88 Å². The first-order valence-corrected chi connectivity index (χ1v) is 11.2. The van der Waals surface area contributed by atoms with Crippen LogP contribution in [0.25, 0.3) is 11.0 Å². The van der Waals surface area contributed by atoms with Crippen molar-refractivity contribution < 1.29 is 9.47 Å². The highest BCUT2D eigenvalue weighted by Crippen LogP contribution is 2.33. The van der Waals surface area contributed by atoms with E-state index in [1.54, 1.807) is 36.0 Å². The first-order valence-electron chi connectivity index (χ1n) is 11.2. The topological polar surface area (TPSA) is 93.3 Å². The minimum atomic E-state index is -0.102. The largest absolute Gasteiger partial charge is 0.489 e. The second-order valence-corrected chi connectivity index (χ2v) is 8.97. The molecular formula is C25H29N5O3. The summed E-state index contributed by atoms with van der Waals surface area (Å²) in [5.41, 5.74) is 2.36. The summed E-state index contributed by atoms with van der Waals surface area (Å²) in [4.78, 5) is 23.8. The van der Waals surface area contributed by atoms with Gasteiger partial charge in [-0.05, 0) is 39.0 Å². The van der Waals surface area contributed by atoms with Crippen molar-refractivity contribution in [1.82, 2.24) is 14.5 Å². The number of aryl methyl sites for hydroxylation is 1. The molecule has 33 heavy (non-hydrogen) atoms. The maximum atomic E-state index is 12.6.